The highest BCUT2D eigenvalue weighted by Gasteiger charge is 2.41. The lowest BCUT2D eigenvalue weighted by atomic mass is 9.93. The molecule has 9 nitrogen and oxygen atoms in total. The Bertz CT molecular complexity index is 1540. The van der Waals surface area contributed by atoms with Crippen molar-refractivity contribution < 1.29 is 22.3 Å². The van der Waals surface area contributed by atoms with Gasteiger partial charge in [-0.1, -0.05) is 20.8 Å². The number of ether oxygens (including phenoxy) is 1. The maximum Gasteiger partial charge on any atom is 0.279 e. The SMILES string of the molecule is CC(C)COc1cc(F)cc(-c2ccc3c(n2)N2C[C@@H](CCCN=C4CC(C)C=C(N4)S(=O)(=O)NC3=O)CC2(C)C)c1. The number of halogens is 1. The topological polar surface area (TPSA) is 113 Å². The molecule has 5 rings (SSSR count). The fraction of sp³-hybridized carbons (Fsp3) is 0.516. The van der Waals surface area contributed by atoms with Crippen LogP contribution in [0.1, 0.15) is 70.7 Å². The van der Waals surface area contributed by atoms with Crippen LogP contribution in [0, 0.1) is 23.6 Å². The predicted molar refractivity (Wildman–Crippen MR) is 162 cm³/mol. The van der Waals surface area contributed by atoms with Crippen molar-refractivity contribution in [2.24, 2.45) is 22.7 Å². The van der Waals surface area contributed by atoms with Crippen molar-refractivity contribution in [2.45, 2.75) is 65.8 Å². The minimum Gasteiger partial charge on any atom is -0.493 e. The van der Waals surface area contributed by atoms with Crippen molar-refractivity contribution in [3.63, 3.8) is 0 Å². The average Bonchev–Trinajstić information content (AvgIpc) is 3.22. The fourth-order valence-corrected chi connectivity index (χ4v) is 7.07. The molecular formula is C31H40FN5O4S. The van der Waals surface area contributed by atoms with E-state index in [1.165, 1.54) is 12.1 Å². The molecule has 1 unspecified atom stereocenters. The summed E-state index contributed by atoms with van der Waals surface area (Å²) in [7, 11) is -4.21. The van der Waals surface area contributed by atoms with Crippen molar-refractivity contribution in [3.8, 4) is 17.0 Å². The van der Waals surface area contributed by atoms with E-state index >= 15 is 0 Å². The van der Waals surface area contributed by atoms with Crippen molar-refractivity contribution in [2.75, 3.05) is 24.6 Å². The van der Waals surface area contributed by atoms with E-state index in [0.717, 1.165) is 19.3 Å². The molecule has 2 atom stereocenters. The first-order chi connectivity index (χ1) is 19.8. The standard InChI is InChI=1S/C31H40FN5O4S/c1-19(2)18-41-24-14-22(13-23(32)15-24)26-9-8-25-29(34-26)37-17-21(16-31(37,4)5)7-6-10-33-27-11-20(3)12-28(35-27)42(39,40)36-30(25)38/h8-9,12-15,19-21H,6-7,10-11,16-18H2,1-5H3,(H,33,35)(H,36,38)/t20?,21-/m0/s1. The lowest BCUT2D eigenvalue weighted by molar-refractivity contribution is 0.0981. The number of sulfonamides is 1. The third-order valence-corrected chi connectivity index (χ3v) is 9.17. The molecule has 0 saturated carbocycles. The van der Waals surface area contributed by atoms with Crippen LogP contribution >= 0.6 is 0 Å². The van der Waals surface area contributed by atoms with E-state index in [-0.39, 0.29) is 28.0 Å². The van der Waals surface area contributed by atoms with Crippen LogP contribution in [0.25, 0.3) is 11.3 Å². The van der Waals surface area contributed by atoms with Gasteiger partial charge >= 0.3 is 0 Å². The van der Waals surface area contributed by atoms with Crippen molar-refractivity contribution in [3.05, 3.63) is 52.8 Å². The van der Waals surface area contributed by atoms with Crippen LogP contribution in [0.5, 0.6) is 5.75 Å². The number of amides is 1. The van der Waals surface area contributed by atoms with E-state index in [0.29, 0.717) is 60.7 Å². The van der Waals surface area contributed by atoms with Gasteiger partial charge in [0.1, 0.15) is 23.2 Å². The Labute approximate surface area is 247 Å². The van der Waals surface area contributed by atoms with Crippen LogP contribution in [0.2, 0.25) is 0 Å². The number of aliphatic imine (C=N–C) groups is 1. The molecule has 0 aliphatic carbocycles. The number of fused-ring (bicyclic) bond motifs is 6. The number of hydrogen-bond donors (Lipinski definition) is 2. The largest absolute Gasteiger partial charge is 0.493 e. The quantitative estimate of drug-likeness (QED) is 0.495. The van der Waals surface area contributed by atoms with Gasteiger partial charge in [0.15, 0.2) is 5.03 Å². The lowest BCUT2D eigenvalue weighted by Gasteiger charge is -2.34. The summed E-state index contributed by atoms with van der Waals surface area (Å²) < 4.78 is 49.4. The van der Waals surface area contributed by atoms with Gasteiger partial charge in [-0.2, -0.15) is 8.42 Å². The average molecular weight is 598 g/mol. The van der Waals surface area contributed by atoms with Crippen molar-refractivity contribution in [1.29, 1.82) is 0 Å². The number of aromatic nitrogens is 1. The number of carbonyl (C=O) groups excluding carboxylic acids is 1. The summed E-state index contributed by atoms with van der Waals surface area (Å²) in [6, 6.07) is 7.64. The van der Waals surface area contributed by atoms with Gasteiger partial charge in [0, 0.05) is 36.7 Å². The number of rotatable bonds is 4. The number of nitrogens with one attached hydrogen (secondary N) is 2. The van der Waals surface area contributed by atoms with Crippen LogP contribution in [0.3, 0.4) is 0 Å². The number of hydrogen-bond acceptors (Lipinski definition) is 8. The Morgan fingerprint density at radius 3 is 2.76 bits per heavy atom. The maximum absolute atomic E-state index is 14.7. The number of nitrogens with zero attached hydrogens (tertiary/aromatic N) is 3. The number of carbonyl (C=O) groups is 1. The highest BCUT2D eigenvalue weighted by molar-refractivity contribution is 7.93. The van der Waals surface area contributed by atoms with Gasteiger partial charge in [0.25, 0.3) is 15.9 Å². The second-order valence-corrected chi connectivity index (χ2v) is 14.3. The summed E-state index contributed by atoms with van der Waals surface area (Å²) in [6.07, 6.45) is 4.89. The predicted octanol–water partition coefficient (Wildman–Crippen LogP) is 5.25. The summed E-state index contributed by atoms with van der Waals surface area (Å²) in [5.74, 6) is 0.692. The third-order valence-electron chi connectivity index (χ3n) is 7.89. The molecule has 3 aliphatic rings. The number of anilines is 1. The molecule has 4 heterocycles. The molecule has 1 fully saturated rings. The molecule has 1 amide bonds. The Kier molecular flexibility index (Phi) is 8.33. The Morgan fingerprint density at radius 2 is 2.00 bits per heavy atom. The highest BCUT2D eigenvalue weighted by Crippen LogP contribution is 2.40. The molecule has 42 heavy (non-hydrogen) atoms. The number of amidine groups is 1. The van der Waals surface area contributed by atoms with E-state index in [9.17, 15) is 17.6 Å². The van der Waals surface area contributed by atoms with Gasteiger partial charge in [0.2, 0.25) is 0 Å². The zero-order chi connectivity index (χ0) is 30.2. The van der Waals surface area contributed by atoms with Gasteiger partial charge in [-0.3, -0.25) is 9.79 Å². The molecule has 2 aromatic rings. The van der Waals surface area contributed by atoms with Crippen molar-refractivity contribution >= 4 is 27.6 Å². The van der Waals surface area contributed by atoms with E-state index in [1.54, 1.807) is 24.3 Å². The van der Waals surface area contributed by atoms with Crippen LogP contribution in [-0.4, -0.2) is 50.4 Å². The van der Waals surface area contributed by atoms with Crippen LogP contribution < -0.4 is 19.7 Å². The van der Waals surface area contributed by atoms with Crippen molar-refractivity contribution in [1.82, 2.24) is 15.0 Å². The summed E-state index contributed by atoms with van der Waals surface area (Å²) >= 11 is 0. The molecule has 4 bridgehead atoms. The molecule has 1 aromatic carbocycles. The van der Waals surface area contributed by atoms with E-state index in [2.05, 4.69) is 33.8 Å². The van der Waals surface area contributed by atoms with Crippen LogP contribution in [0.4, 0.5) is 10.2 Å². The van der Waals surface area contributed by atoms with Crippen LogP contribution in [-0.2, 0) is 10.0 Å². The van der Waals surface area contributed by atoms with Gasteiger partial charge < -0.3 is 15.0 Å². The van der Waals surface area contributed by atoms with E-state index in [4.69, 9.17) is 9.72 Å². The first-order valence-corrected chi connectivity index (χ1v) is 16.1. The Morgan fingerprint density at radius 1 is 1.21 bits per heavy atom. The summed E-state index contributed by atoms with van der Waals surface area (Å²) in [6.45, 7) is 11.8. The highest BCUT2D eigenvalue weighted by atomic mass is 32.2. The molecule has 3 aliphatic heterocycles. The summed E-state index contributed by atoms with van der Waals surface area (Å²) in [5.41, 5.74) is 0.747. The summed E-state index contributed by atoms with van der Waals surface area (Å²) in [4.78, 5) is 25.3. The lowest BCUT2D eigenvalue weighted by Crippen LogP contribution is -2.42. The maximum atomic E-state index is 14.7. The Hall–Kier alpha value is -3.47. The van der Waals surface area contributed by atoms with Gasteiger partial charge in [0.05, 0.1) is 17.9 Å². The molecule has 2 N–H and O–H groups in total. The van der Waals surface area contributed by atoms with E-state index < -0.39 is 21.7 Å². The fourth-order valence-electron chi connectivity index (χ4n) is 5.95. The first kappa shape index (κ1) is 30.0. The smallest absolute Gasteiger partial charge is 0.279 e. The molecule has 0 radical (unpaired) electrons. The molecule has 0 spiro atoms. The monoisotopic (exact) mass is 597 g/mol. The zero-order valence-electron chi connectivity index (χ0n) is 24.9. The minimum atomic E-state index is -4.21. The van der Waals surface area contributed by atoms with Gasteiger partial charge in [-0.15, -0.1) is 0 Å². The molecular weight excluding hydrogens is 557 g/mol. The van der Waals surface area contributed by atoms with E-state index in [1.807, 2.05) is 20.8 Å². The molecule has 11 heteroatoms. The number of benzene rings is 1. The summed E-state index contributed by atoms with van der Waals surface area (Å²) in [5, 5.41) is 2.85. The number of allylic oxidation sites excluding steroid dienone is 1. The molecule has 1 aromatic heterocycles. The van der Waals surface area contributed by atoms with Crippen LogP contribution in [0.15, 0.2) is 46.4 Å². The van der Waals surface area contributed by atoms with Gasteiger partial charge in [-0.25, -0.2) is 14.1 Å². The Balaban J connectivity index is 1.59. The van der Waals surface area contributed by atoms with Gasteiger partial charge in [-0.05, 0) is 81.2 Å². The minimum absolute atomic E-state index is 0.0533. The second-order valence-electron chi connectivity index (χ2n) is 12.7. The second kappa shape index (κ2) is 11.7. The third kappa shape index (κ3) is 6.61. The normalized spacial score (nSPS) is 23.5. The molecule has 1 saturated heterocycles. The zero-order valence-corrected chi connectivity index (χ0v) is 25.7. The number of pyridine rings is 1. The molecule has 226 valence electrons. The first-order valence-electron chi connectivity index (χ1n) is 14.6.